The molecule has 0 aliphatic carbocycles. The maximum Gasteiger partial charge on any atom is 0.165 e. The van der Waals surface area contributed by atoms with E-state index in [9.17, 15) is 4.39 Å². The maximum atomic E-state index is 13.6. The summed E-state index contributed by atoms with van der Waals surface area (Å²) < 4.78 is 19.1. The zero-order chi connectivity index (χ0) is 13.6. The summed E-state index contributed by atoms with van der Waals surface area (Å²) in [6.07, 6.45) is 1.13. The van der Waals surface area contributed by atoms with Gasteiger partial charge in [0.25, 0.3) is 0 Å². The summed E-state index contributed by atoms with van der Waals surface area (Å²) >= 11 is 0. The van der Waals surface area contributed by atoms with Gasteiger partial charge in [0.2, 0.25) is 0 Å². The van der Waals surface area contributed by atoms with Crippen LogP contribution < -0.4 is 10.5 Å². The van der Waals surface area contributed by atoms with Crippen LogP contribution in [0.2, 0.25) is 0 Å². The highest BCUT2D eigenvalue weighted by Gasteiger charge is 2.17. The van der Waals surface area contributed by atoms with Crippen molar-refractivity contribution >= 4 is 0 Å². The molecule has 1 rings (SSSR count). The third kappa shape index (κ3) is 4.01. The van der Waals surface area contributed by atoms with Crippen molar-refractivity contribution < 1.29 is 9.13 Å². The summed E-state index contributed by atoms with van der Waals surface area (Å²) in [6, 6.07) is 7.01. The second kappa shape index (κ2) is 6.36. The van der Waals surface area contributed by atoms with Crippen LogP contribution in [0.15, 0.2) is 18.2 Å². The number of nitriles is 1. The van der Waals surface area contributed by atoms with Crippen LogP contribution in [0.1, 0.15) is 25.8 Å². The van der Waals surface area contributed by atoms with Gasteiger partial charge in [0.15, 0.2) is 11.6 Å². The van der Waals surface area contributed by atoms with E-state index in [0.717, 1.165) is 5.56 Å². The summed E-state index contributed by atoms with van der Waals surface area (Å²) in [5.41, 5.74) is 5.79. The summed E-state index contributed by atoms with van der Waals surface area (Å²) in [5, 5.41) is 8.89. The van der Waals surface area contributed by atoms with E-state index in [2.05, 4.69) is 6.07 Å². The minimum atomic E-state index is -0.459. The van der Waals surface area contributed by atoms with Gasteiger partial charge >= 0.3 is 0 Å². The molecule has 0 radical (unpaired) electrons. The van der Waals surface area contributed by atoms with Crippen molar-refractivity contribution in [2.75, 3.05) is 13.2 Å². The van der Waals surface area contributed by atoms with Crippen molar-refractivity contribution in [1.82, 2.24) is 0 Å². The third-order valence-corrected chi connectivity index (χ3v) is 2.74. The standard InChI is InChI=1S/C14H19FN2O/c1-14(2,10-17)7-9-18-13-11(6-8-16)4-3-5-12(13)15/h3-5H,6-9,16H2,1-2H3. The summed E-state index contributed by atoms with van der Waals surface area (Å²) in [7, 11) is 0. The van der Waals surface area contributed by atoms with Crippen LogP contribution in [0.5, 0.6) is 5.75 Å². The Morgan fingerprint density at radius 1 is 1.44 bits per heavy atom. The molecule has 0 amide bonds. The Morgan fingerprint density at radius 3 is 2.78 bits per heavy atom. The van der Waals surface area contributed by atoms with E-state index in [-0.39, 0.29) is 11.6 Å². The predicted octanol–water partition coefficient (Wildman–Crippen LogP) is 2.65. The SMILES string of the molecule is CC(C)(C#N)CCOc1c(F)cccc1CCN. The Hall–Kier alpha value is -1.60. The van der Waals surface area contributed by atoms with Crippen molar-refractivity contribution in [3.8, 4) is 11.8 Å². The Morgan fingerprint density at radius 2 is 2.17 bits per heavy atom. The molecule has 0 aliphatic heterocycles. The minimum Gasteiger partial charge on any atom is -0.490 e. The van der Waals surface area contributed by atoms with Crippen LogP contribution >= 0.6 is 0 Å². The number of para-hydroxylation sites is 1. The molecule has 0 aromatic heterocycles. The largest absolute Gasteiger partial charge is 0.490 e. The van der Waals surface area contributed by atoms with Gasteiger partial charge in [0.1, 0.15) is 0 Å². The average molecular weight is 250 g/mol. The lowest BCUT2D eigenvalue weighted by Gasteiger charge is -2.17. The zero-order valence-electron chi connectivity index (χ0n) is 10.9. The topological polar surface area (TPSA) is 59.0 Å². The Balaban J connectivity index is 2.70. The highest BCUT2D eigenvalue weighted by molar-refractivity contribution is 5.35. The van der Waals surface area contributed by atoms with Gasteiger partial charge in [-0.05, 0) is 44.9 Å². The lowest BCUT2D eigenvalue weighted by Crippen LogP contribution is -2.14. The van der Waals surface area contributed by atoms with Gasteiger partial charge in [0.05, 0.1) is 18.1 Å². The lowest BCUT2D eigenvalue weighted by molar-refractivity contribution is 0.252. The van der Waals surface area contributed by atoms with E-state index in [1.807, 2.05) is 13.8 Å². The smallest absolute Gasteiger partial charge is 0.165 e. The van der Waals surface area contributed by atoms with Crippen molar-refractivity contribution in [2.45, 2.75) is 26.7 Å². The van der Waals surface area contributed by atoms with Crippen LogP contribution in [0.4, 0.5) is 4.39 Å². The molecule has 0 bridgehead atoms. The molecule has 0 heterocycles. The molecular formula is C14H19FN2O. The number of nitrogens with zero attached hydrogens (tertiary/aromatic N) is 1. The number of ether oxygens (including phenoxy) is 1. The van der Waals surface area contributed by atoms with E-state index in [0.29, 0.717) is 26.0 Å². The summed E-state index contributed by atoms with van der Waals surface area (Å²) in [6.45, 7) is 4.43. The Bertz CT molecular complexity index is 438. The van der Waals surface area contributed by atoms with Gasteiger partial charge in [-0.15, -0.1) is 0 Å². The van der Waals surface area contributed by atoms with Crippen LogP contribution in [0.25, 0.3) is 0 Å². The molecule has 2 N–H and O–H groups in total. The van der Waals surface area contributed by atoms with Crippen LogP contribution in [0, 0.1) is 22.6 Å². The fourth-order valence-corrected chi connectivity index (χ4v) is 1.53. The number of rotatable bonds is 6. The predicted molar refractivity (Wildman–Crippen MR) is 68.7 cm³/mol. The zero-order valence-corrected chi connectivity index (χ0v) is 10.9. The van der Waals surface area contributed by atoms with Gasteiger partial charge < -0.3 is 10.5 Å². The second-order valence-corrected chi connectivity index (χ2v) is 4.86. The summed E-state index contributed by atoms with van der Waals surface area (Å²) in [5.74, 6) is -0.118. The van der Waals surface area contributed by atoms with Crippen LogP contribution in [-0.4, -0.2) is 13.2 Å². The molecule has 0 saturated carbocycles. The van der Waals surface area contributed by atoms with E-state index in [4.69, 9.17) is 15.7 Å². The fraction of sp³-hybridized carbons (Fsp3) is 0.500. The van der Waals surface area contributed by atoms with Crippen molar-refractivity contribution in [1.29, 1.82) is 5.26 Å². The third-order valence-electron chi connectivity index (χ3n) is 2.74. The number of nitrogens with two attached hydrogens (primary N) is 1. The highest BCUT2D eigenvalue weighted by atomic mass is 19.1. The maximum absolute atomic E-state index is 13.6. The number of hydrogen-bond acceptors (Lipinski definition) is 3. The van der Waals surface area contributed by atoms with E-state index in [1.54, 1.807) is 12.1 Å². The second-order valence-electron chi connectivity index (χ2n) is 4.86. The molecule has 1 aromatic carbocycles. The van der Waals surface area contributed by atoms with Crippen LogP contribution in [-0.2, 0) is 6.42 Å². The molecule has 0 aliphatic rings. The van der Waals surface area contributed by atoms with E-state index >= 15 is 0 Å². The minimum absolute atomic E-state index is 0.261. The Labute approximate surface area is 107 Å². The molecule has 4 heteroatoms. The van der Waals surface area contributed by atoms with Gasteiger partial charge in [-0.25, -0.2) is 4.39 Å². The van der Waals surface area contributed by atoms with E-state index in [1.165, 1.54) is 6.07 Å². The molecule has 0 spiro atoms. The Kier molecular flexibility index (Phi) is 5.11. The number of halogens is 1. The van der Waals surface area contributed by atoms with Crippen molar-refractivity contribution in [3.05, 3.63) is 29.6 Å². The van der Waals surface area contributed by atoms with Gasteiger partial charge in [-0.3, -0.25) is 0 Å². The molecule has 98 valence electrons. The molecule has 0 fully saturated rings. The molecular weight excluding hydrogens is 231 g/mol. The summed E-state index contributed by atoms with van der Waals surface area (Å²) in [4.78, 5) is 0. The number of hydrogen-bond donors (Lipinski definition) is 1. The van der Waals surface area contributed by atoms with Crippen molar-refractivity contribution in [3.63, 3.8) is 0 Å². The van der Waals surface area contributed by atoms with Gasteiger partial charge in [-0.2, -0.15) is 5.26 Å². The fourth-order valence-electron chi connectivity index (χ4n) is 1.53. The molecule has 0 saturated heterocycles. The van der Waals surface area contributed by atoms with Gasteiger partial charge in [0, 0.05) is 0 Å². The first-order valence-electron chi connectivity index (χ1n) is 6.01. The monoisotopic (exact) mass is 250 g/mol. The van der Waals surface area contributed by atoms with Crippen molar-refractivity contribution in [2.24, 2.45) is 11.1 Å². The molecule has 3 nitrogen and oxygen atoms in total. The quantitative estimate of drug-likeness (QED) is 0.844. The lowest BCUT2D eigenvalue weighted by atomic mass is 9.92. The first-order chi connectivity index (χ1) is 8.50. The molecule has 0 unspecified atom stereocenters. The van der Waals surface area contributed by atoms with Crippen LogP contribution in [0.3, 0.4) is 0 Å². The molecule has 1 aromatic rings. The molecule has 18 heavy (non-hydrogen) atoms. The number of benzene rings is 1. The van der Waals surface area contributed by atoms with E-state index < -0.39 is 5.41 Å². The van der Waals surface area contributed by atoms with Gasteiger partial charge in [-0.1, -0.05) is 12.1 Å². The highest BCUT2D eigenvalue weighted by Crippen LogP contribution is 2.25. The average Bonchev–Trinajstić information content (AvgIpc) is 2.33. The first-order valence-corrected chi connectivity index (χ1v) is 6.01. The normalized spacial score (nSPS) is 11.1. The molecule has 0 atom stereocenters. The first kappa shape index (κ1) is 14.5.